The Morgan fingerprint density at radius 3 is 2.48 bits per heavy atom. The zero-order valence-corrected chi connectivity index (χ0v) is 13.6. The van der Waals surface area contributed by atoms with Crippen LogP contribution in [-0.4, -0.2) is 31.6 Å². The van der Waals surface area contributed by atoms with Gasteiger partial charge in [-0.3, -0.25) is 4.79 Å². The minimum Gasteiger partial charge on any atom is -0.481 e. The highest BCUT2D eigenvalue weighted by atomic mass is 16.5. The second-order valence-electron chi connectivity index (χ2n) is 5.41. The number of nitrogens with one attached hydrogen (secondary N) is 2. The van der Waals surface area contributed by atoms with E-state index in [2.05, 4.69) is 36.6 Å². The number of aryl methyl sites for hydroxylation is 1. The molecule has 0 radical (unpaired) electrons. The molecule has 2 atom stereocenters. The number of benzene rings is 1. The van der Waals surface area contributed by atoms with Crippen molar-refractivity contribution in [3.8, 4) is 5.75 Å². The summed E-state index contributed by atoms with van der Waals surface area (Å²) in [6.07, 6.45) is 2.86. The van der Waals surface area contributed by atoms with Crippen LogP contribution >= 0.6 is 0 Å². The van der Waals surface area contributed by atoms with Crippen LogP contribution in [0.15, 0.2) is 24.3 Å². The van der Waals surface area contributed by atoms with Crippen molar-refractivity contribution in [2.24, 2.45) is 0 Å². The second-order valence-corrected chi connectivity index (χ2v) is 5.41. The molecule has 1 aromatic carbocycles. The first-order chi connectivity index (χ1) is 10.1. The maximum absolute atomic E-state index is 11.4. The van der Waals surface area contributed by atoms with Gasteiger partial charge in [0.25, 0.3) is 5.91 Å². The number of carbonyl (C=O) groups excluding carboxylic acids is 1. The molecule has 0 spiro atoms. The number of carbonyl (C=O) groups is 1. The first-order valence-electron chi connectivity index (χ1n) is 7.77. The van der Waals surface area contributed by atoms with Crippen molar-refractivity contribution >= 4 is 5.91 Å². The summed E-state index contributed by atoms with van der Waals surface area (Å²) < 4.78 is 5.58. The maximum atomic E-state index is 11.4. The number of hydrogen-bond donors (Lipinski definition) is 2. The van der Waals surface area contributed by atoms with Crippen molar-refractivity contribution in [1.29, 1.82) is 0 Å². The molecule has 0 fully saturated rings. The molecule has 2 unspecified atom stereocenters. The second kappa shape index (κ2) is 9.40. The Hall–Kier alpha value is -1.55. The van der Waals surface area contributed by atoms with Crippen LogP contribution in [0.5, 0.6) is 5.75 Å². The Labute approximate surface area is 128 Å². The van der Waals surface area contributed by atoms with Crippen molar-refractivity contribution in [2.45, 2.75) is 52.2 Å². The van der Waals surface area contributed by atoms with Gasteiger partial charge in [-0.05, 0) is 57.4 Å². The third-order valence-electron chi connectivity index (χ3n) is 3.46. The van der Waals surface area contributed by atoms with Gasteiger partial charge in [-0.1, -0.05) is 19.1 Å². The molecule has 0 saturated heterocycles. The van der Waals surface area contributed by atoms with Gasteiger partial charge in [0.05, 0.1) is 0 Å². The van der Waals surface area contributed by atoms with Crippen LogP contribution in [0.2, 0.25) is 0 Å². The van der Waals surface area contributed by atoms with Crippen LogP contribution < -0.4 is 15.4 Å². The number of rotatable bonds is 9. The van der Waals surface area contributed by atoms with E-state index in [1.807, 2.05) is 12.1 Å². The predicted octanol–water partition coefficient (Wildman–Crippen LogP) is 2.52. The van der Waals surface area contributed by atoms with Gasteiger partial charge in [0.1, 0.15) is 5.75 Å². The van der Waals surface area contributed by atoms with E-state index in [-0.39, 0.29) is 5.91 Å². The average molecular weight is 292 g/mol. The van der Waals surface area contributed by atoms with Crippen LogP contribution in [-0.2, 0) is 11.2 Å². The first kappa shape index (κ1) is 17.5. The van der Waals surface area contributed by atoms with Gasteiger partial charge in [0.15, 0.2) is 6.10 Å². The Morgan fingerprint density at radius 2 is 1.90 bits per heavy atom. The van der Waals surface area contributed by atoms with Crippen LogP contribution in [0.25, 0.3) is 0 Å². The highest BCUT2D eigenvalue weighted by molar-refractivity contribution is 5.80. The maximum Gasteiger partial charge on any atom is 0.260 e. The third kappa shape index (κ3) is 6.63. The van der Waals surface area contributed by atoms with Crippen LogP contribution in [0.3, 0.4) is 0 Å². The summed E-state index contributed by atoms with van der Waals surface area (Å²) >= 11 is 0. The van der Waals surface area contributed by atoms with E-state index >= 15 is 0 Å². The molecule has 2 N–H and O–H groups in total. The summed E-state index contributed by atoms with van der Waals surface area (Å²) in [6, 6.07) is 8.53. The highest BCUT2D eigenvalue weighted by Crippen LogP contribution is 2.15. The zero-order valence-electron chi connectivity index (χ0n) is 13.6. The minimum absolute atomic E-state index is 0.116. The van der Waals surface area contributed by atoms with Crippen molar-refractivity contribution < 1.29 is 9.53 Å². The molecule has 4 nitrogen and oxygen atoms in total. The lowest BCUT2D eigenvalue weighted by atomic mass is 10.1. The van der Waals surface area contributed by atoms with E-state index in [9.17, 15) is 4.79 Å². The predicted molar refractivity (Wildman–Crippen MR) is 86.7 cm³/mol. The van der Waals surface area contributed by atoms with Gasteiger partial charge in [-0.2, -0.15) is 0 Å². The molecule has 0 heterocycles. The summed E-state index contributed by atoms with van der Waals surface area (Å²) in [6.45, 7) is 7.22. The SMILES string of the molecule is CCCNC(C)CCc1ccc(OC(C)C(=O)NC)cc1. The molecule has 1 rings (SSSR count). The molecule has 0 bridgehead atoms. The molecule has 0 aliphatic heterocycles. The summed E-state index contributed by atoms with van der Waals surface area (Å²) in [5.41, 5.74) is 1.29. The third-order valence-corrected chi connectivity index (χ3v) is 3.46. The Bertz CT molecular complexity index is 417. The Kier molecular flexibility index (Phi) is 7.83. The quantitative estimate of drug-likeness (QED) is 0.735. The van der Waals surface area contributed by atoms with Crippen LogP contribution in [0, 0.1) is 0 Å². The summed E-state index contributed by atoms with van der Waals surface area (Å²) in [5, 5.41) is 6.06. The molecule has 118 valence electrons. The van der Waals surface area contributed by atoms with Crippen LogP contribution in [0.4, 0.5) is 0 Å². The summed E-state index contributed by atoms with van der Waals surface area (Å²) in [5.74, 6) is 0.613. The zero-order chi connectivity index (χ0) is 15.7. The fourth-order valence-corrected chi connectivity index (χ4v) is 2.07. The summed E-state index contributed by atoms with van der Waals surface area (Å²) in [4.78, 5) is 11.4. The van der Waals surface area contributed by atoms with Crippen molar-refractivity contribution in [3.63, 3.8) is 0 Å². The lowest BCUT2D eigenvalue weighted by Crippen LogP contribution is -2.33. The highest BCUT2D eigenvalue weighted by Gasteiger charge is 2.12. The van der Waals surface area contributed by atoms with E-state index in [1.165, 1.54) is 12.0 Å². The van der Waals surface area contributed by atoms with Gasteiger partial charge < -0.3 is 15.4 Å². The molecule has 0 aliphatic rings. The molecular formula is C17H28N2O2. The van der Waals surface area contributed by atoms with Gasteiger partial charge in [-0.15, -0.1) is 0 Å². The molecule has 1 amide bonds. The average Bonchev–Trinajstić information content (AvgIpc) is 2.51. The van der Waals surface area contributed by atoms with Gasteiger partial charge in [0.2, 0.25) is 0 Å². The van der Waals surface area contributed by atoms with Crippen molar-refractivity contribution in [3.05, 3.63) is 29.8 Å². The minimum atomic E-state index is -0.473. The molecular weight excluding hydrogens is 264 g/mol. The van der Waals surface area contributed by atoms with Crippen molar-refractivity contribution in [2.75, 3.05) is 13.6 Å². The van der Waals surface area contributed by atoms with E-state index in [1.54, 1.807) is 14.0 Å². The van der Waals surface area contributed by atoms with E-state index < -0.39 is 6.10 Å². The lowest BCUT2D eigenvalue weighted by molar-refractivity contribution is -0.126. The monoisotopic (exact) mass is 292 g/mol. The van der Waals surface area contributed by atoms with Crippen LogP contribution in [0.1, 0.15) is 39.2 Å². The molecule has 21 heavy (non-hydrogen) atoms. The number of amides is 1. The topological polar surface area (TPSA) is 50.4 Å². The normalized spacial score (nSPS) is 13.5. The number of likely N-dealkylation sites (N-methyl/N-ethyl adjacent to an activating group) is 1. The van der Waals surface area contributed by atoms with Gasteiger partial charge in [0, 0.05) is 13.1 Å². The molecule has 0 saturated carbocycles. The molecule has 0 aliphatic carbocycles. The lowest BCUT2D eigenvalue weighted by Gasteiger charge is -2.14. The number of hydrogen-bond acceptors (Lipinski definition) is 3. The van der Waals surface area contributed by atoms with Crippen molar-refractivity contribution in [1.82, 2.24) is 10.6 Å². The largest absolute Gasteiger partial charge is 0.481 e. The smallest absolute Gasteiger partial charge is 0.260 e. The summed E-state index contributed by atoms with van der Waals surface area (Å²) in [7, 11) is 1.61. The molecule has 0 aromatic heterocycles. The van der Waals surface area contributed by atoms with E-state index in [0.29, 0.717) is 6.04 Å². The van der Waals surface area contributed by atoms with Gasteiger partial charge >= 0.3 is 0 Å². The van der Waals surface area contributed by atoms with Gasteiger partial charge in [-0.25, -0.2) is 0 Å². The Morgan fingerprint density at radius 1 is 1.24 bits per heavy atom. The molecule has 4 heteroatoms. The fourth-order valence-electron chi connectivity index (χ4n) is 2.07. The first-order valence-corrected chi connectivity index (χ1v) is 7.77. The number of ether oxygens (including phenoxy) is 1. The molecule has 1 aromatic rings. The fraction of sp³-hybridized carbons (Fsp3) is 0.588. The van der Waals surface area contributed by atoms with E-state index in [0.717, 1.165) is 25.1 Å². The van der Waals surface area contributed by atoms with E-state index in [4.69, 9.17) is 4.74 Å². The Balaban J connectivity index is 2.41. The standard InChI is InChI=1S/C17H28N2O2/c1-5-12-19-13(2)6-7-15-8-10-16(11-9-15)21-14(3)17(20)18-4/h8-11,13-14,19H,5-7,12H2,1-4H3,(H,18,20).